The molecule has 0 aromatic carbocycles. The van der Waals surface area contributed by atoms with Crippen LogP contribution in [0.2, 0.25) is 0 Å². The first-order chi connectivity index (χ1) is 37.5. The highest BCUT2D eigenvalue weighted by atomic mass is 16.6. The number of unbranched alkanes of at least 4 members (excludes halogenated alkanes) is 28. The van der Waals surface area contributed by atoms with Crippen molar-refractivity contribution in [1.29, 1.82) is 0 Å². The summed E-state index contributed by atoms with van der Waals surface area (Å²) < 4.78 is 16.9. The molecule has 1 atom stereocenters. The molecule has 1 unspecified atom stereocenters. The van der Waals surface area contributed by atoms with Crippen molar-refractivity contribution < 1.29 is 28.6 Å². The summed E-state index contributed by atoms with van der Waals surface area (Å²) >= 11 is 0. The Labute approximate surface area is 470 Å². The van der Waals surface area contributed by atoms with Crippen LogP contribution in [0.1, 0.15) is 297 Å². The van der Waals surface area contributed by atoms with Crippen molar-refractivity contribution in [2.24, 2.45) is 0 Å². The number of allylic oxidation sites excluding steroid dienone is 18. The van der Waals surface area contributed by atoms with E-state index in [0.29, 0.717) is 19.3 Å². The molecular weight excluding hydrogens is 937 g/mol. The number of ether oxygens (including phenoxy) is 3. The van der Waals surface area contributed by atoms with Crippen molar-refractivity contribution in [2.45, 2.75) is 303 Å². The van der Waals surface area contributed by atoms with Crippen LogP contribution in [0.4, 0.5) is 0 Å². The molecule has 0 radical (unpaired) electrons. The average molecular weight is 1060 g/mol. The zero-order valence-corrected chi connectivity index (χ0v) is 49.7. The smallest absolute Gasteiger partial charge is 0.306 e. The van der Waals surface area contributed by atoms with E-state index in [1.165, 1.54) is 148 Å². The summed E-state index contributed by atoms with van der Waals surface area (Å²) in [5, 5.41) is 0. The average Bonchev–Trinajstić information content (AvgIpc) is 3.42. The fourth-order valence-electron chi connectivity index (χ4n) is 8.80. The van der Waals surface area contributed by atoms with E-state index in [0.717, 1.165) is 103 Å². The summed E-state index contributed by atoms with van der Waals surface area (Å²) in [5.74, 6) is -0.946. The van der Waals surface area contributed by atoms with Gasteiger partial charge >= 0.3 is 17.9 Å². The van der Waals surface area contributed by atoms with Crippen LogP contribution in [0.25, 0.3) is 0 Å². The highest BCUT2D eigenvalue weighted by molar-refractivity contribution is 5.71. The molecule has 0 aliphatic carbocycles. The first kappa shape index (κ1) is 72.1. The first-order valence-electron chi connectivity index (χ1n) is 31.9. The highest BCUT2D eigenvalue weighted by Gasteiger charge is 2.19. The lowest BCUT2D eigenvalue weighted by molar-refractivity contribution is -0.167. The van der Waals surface area contributed by atoms with Crippen molar-refractivity contribution in [2.75, 3.05) is 13.2 Å². The highest BCUT2D eigenvalue weighted by Crippen LogP contribution is 2.16. The minimum absolute atomic E-state index is 0.0926. The summed E-state index contributed by atoms with van der Waals surface area (Å²) in [7, 11) is 0. The Bertz CT molecular complexity index is 1540. The largest absolute Gasteiger partial charge is 0.462 e. The van der Waals surface area contributed by atoms with Gasteiger partial charge in [-0.05, 0) is 83.5 Å². The van der Waals surface area contributed by atoms with Crippen molar-refractivity contribution in [3.63, 3.8) is 0 Å². The molecule has 0 bridgehead atoms. The van der Waals surface area contributed by atoms with Crippen LogP contribution in [0.3, 0.4) is 0 Å². The Morgan fingerprint density at radius 3 is 0.803 bits per heavy atom. The molecule has 0 fully saturated rings. The molecule has 0 spiro atoms. The van der Waals surface area contributed by atoms with E-state index >= 15 is 0 Å². The molecule has 0 aromatic heterocycles. The van der Waals surface area contributed by atoms with Crippen LogP contribution < -0.4 is 0 Å². The Kier molecular flexibility index (Phi) is 60.3. The molecule has 0 N–H and O–H groups in total. The molecule has 0 aliphatic rings. The number of carbonyl (C=O) groups is 3. The normalized spacial score (nSPS) is 12.8. The number of esters is 3. The number of carbonyl (C=O) groups excluding carboxylic acids is 3. The molecule has 76 heavy (non-hydrogen) atoms. The fourth-order valence-corrected chi connectivity index (χ4v) is 8.80. The van der Waals surface area contributed by atoms with Crippen LogP contribution >= 0.6 is 0 Å². The topological polar surface area (TPSA) is 78.9 Å². The third kappa shape index (κ3) is 60.9. The minimum Gasteiger partial charge on any atom is -0.462 e. The Balaban J connectivity index is 4.39. The maximum absolute atomic E-state index is 12.9. The molecule has 0 amide bonds. The molecule has 434 valence electrons. The zero-order chi connectivity index (χ0) is 55.0. The van der Waals surface area contributed by atoms with E-state index in [1.54, 1.807) is 0 Å². The number of hydrogen-bond donors (Lipinski definition) is 0. The SMILES string of the molecule is CC/C=C\C/C=C\C/C=C\C/C=C\C/C=C\C/C=C\C/C=C\C/C=C\C/C=C\CCCC(=O)OCC(COC(=O)CCCCCCCCCCCCCC)OC(=O)CCCCCCCCCCCCCCCCCCC. The van der Waals surface area contributed by atoms with Gasteiger partial charge < -0.3 is 14.2 Å². The fraction of sp³-hybridized carbons (Fsp3) is 0.700. The Morgan fingerprint density at radius 2 is 0.513 bits per heavy atom. The van der Waals surface area contributed by atoms with Gasteiger partial charge in [-0.2, -0.15) is 0 Å². The van der Waals surface area contributed by atoms with E-state index in [4.69, 9.17) is 14.2 Å². The van der Waals surface area contributed by atoms with E-state index in [1.807, 2.05) is 0 Å². The van der Waals surface area contributed by atoms with Crippen LogP contribution in [-0.4, -0.2) is 37.2 Å². The minimum atomic E-state index is -0.800. The predicted octanol–water partition coefficient (Wildman–Crippen LogP) is 21.8. The summed E-state index contributed by atoms with van der Waals surface area (Å²) in [4.78, 5) is 38.2. The van der Waals surface area contributed by atoms with E-state index in [-0.39, 0.29) is 37.5 Å². The lowest BCUT2D eigenvalue weighted by atomic mass is 10.0. The van der Waals surface area contributed by atoms with Gasteiger partial charge in [-0.3, -0.25) is 14.4 Å². The molecule has 0 rings (SSSR count). The quantitative estimate of drug-likeness (QED) is 0.0261. The standard InChI is InChI=1S/C70H118O6/c1-4-7-10-13-16-19-22-25-27-29-30-31-32-33-34-35-36-37-38-39-40-42-43-45-48-51-54-57-60-63-69(72)75-66-67(65-74-68(71)62-59-56-53-50-47-24-21-18-15-12-9-6-3)76-70(73)64-61-58-55-52-49-46-44-41-28-26-23-20-17-14-11-8-5-2/h7,10,16,19,25,27,30-31,33-34,36-37,39-40,43,45,51,54,67H,4-6,8-9,11-15,17-18,20-24,26,28-29,32,35,38,41-42,44,46-50,52-53,55-66H2,1-3H3/b10-7-,19-16-,27-25-,31-30-,34-33-,37-36-,40-39-,45-43-,54-51-. The number of rotatable bonds is 57. The second kappa shape index (κ2) is 63.6. The predicted molar refractivity (Wildman–Crippen MR) is 330 cm³/mol. The van der Waals surface area contributed by atoms with Crippen LogP contribution in [0, 0.1) is 0 Å². The van der Waals surface area contributed by atoms with E-state index < -0.39 is 6.10 Å². The van der Waals surface area contributed by atoms with E-state index in [2.05, 4.69) is 130 Å². The van der Waals surface area contributed by atoms with Gasteiger partial charge in [-0.25, -0.2) is 0 Å². The number of hydrogen-bond acceptors (Lipinski definition) is 6. The zero-order valence-electron chi connectivity index (χ0n) is 49.7. The lowest BCUT2D eigenvalue weighted by Gasteiger charge is -2.18. The van der Waals surface area contributed by atoms with Crippen LogP contribution in [-0.2, 0) is 28.6 Å². The Morgan fingerprint density at radius 1 is 0.276 bits per heavy atom. The van der Waals surface area contributed by atoms with Gasteiger partial charge in [-0.1, -0.05) is 304 Å². The van der Waals surface area contributed by atoms with Gasteiger partial charge in [0, 0.05) is 19.3 Å². The second-order valence-corrected chi connectivity index (χ2v) is 21.0. The molecule has 0 saturated carbocycles. The molecular formula is C70H118O6. The first-order valence-corrected chi connectivity index (χ1v) is 31.9. The van der Waals surface area contributed by atoms with Gasteiger partial charge in [0.25, 0.3) is 0 Å². The van der Waals surface area contributed by atoms with Crippen molar-refractivity contribution in [3.05, 3.63) is 109 Å². The van der Waals surface area contributed by atoms with Gasteiger partial charge in [0.2, 0.25) is 0 Å². The lowest BCUT2D eigenvalue weighted by Crippen LogP contribution is -2.30. The molecule has 0 saturated heterocycles. The van der Waals surface area contributed by atoms with Gasteiger partial charge in [0.1, 0.15) is 13.2 Å². The van der Waals surface area contributed by atoms with Crippen LogP contribution in [0.5, 0.6) is 0 Å². The van der Waals surface area contributed by atoms with Gasteiger partial charge in [0.15, 0.2) is 6.10 Å². The summed E-state index contributed by atoms with van der Waals surface area (Å²) in [6.45, 7) is 6.50. The Hall–Kier alpha value is -3.93. The van der Waals surface area contributed by atoms with Crippen molar-refractivity contribution >= 4 is 17.9 Å². The molecule has 0 aliphatic heterocycles. The third-order valence-electron chi connectivity index (χ3n) is 13.5. The third-order valence-corrected chi connectivity index (χ3v) is 13.5. The maximum Gasteiger partial charge on any atom is 0.306 e. The van der Waals surface area contributed by atoms with Crippen LogP contribution in [0.15, 0.2) is 109 Å². The van der Waals surface area contributed by atoms with Gasteiger partial charge in [0.05, 0.1) is 0 Å². The molecule has 6 heteroatoms. The van der Waals surface area contributed by atoms with Crippen molar-refractivity contribution in [3.8, 4) is 0 Å². The molecule has 6 nitrogen and oxygen atoms in total. The van der Waals surface area contributed by atoms with Crippen molar-refractivity contribution in [1.82, 2.24) is 0 Å². The molecule has 0 heterocycles. The summed E-state index contributed by atoms with van der Waals surface area (Å²) in [6.07, 6.45) is 86.7. The van der Waals surface area contributed by atoms with E-state index in [9.17, 15) is 14.4 Å². The monoisotopic (exact) mass is 1050 g/mol. The second-order valence-electron chi connectivity index (χ2n) is 21.0. The summed E-state index contributed by atoms with van der Waals surface area (Å²) in [5.41, 5.74) is 0. The summed E-state index contributed by atoms with van der Waals surface area (Å²) in [6, 6.07) is 0. The van der Waals surface area contributed by atoms with Gasteiger partial charge in [-0.15, -0.1) is 0 Å². The maximum atomic E-state index is 12.9. The molecule has 0 aromatic rings.